The molecule has 1 N–H and O–H groups in total. The van der Waals surface area contributed by atoms with E-state index in [-0.39, 0.29) is 34.3 Å². The minimum atomic E-state index is -1.10. The third-order valence-corrected chi connectivity index (χ3v) is 5.86. The molecule has 1 aliphatic carbocycles. The zero-order valence-electron chi connectivity index (χ0n) is 17.2. The van der Waals surface area contributed by atoms with E-state index in [0.717, 1.165) is 0 Å². The van der Waals surface area contributed by atoms with E-state index in [0.29, 0.717) is 17.8 Å². The van der Waals surface area contributed by atoms with E-state index in [9.17, 15) is 18.8 Å². The fourth-order valence-corrected chi connectivity index (χ4v) is 4.51. The number of carbonyl (C=O) groups is 3. The van der Waals surface area contributed by atoms with E-state index >= 15 is 0 Å². The Kier molecular flexibility index (Phi) is 6.31. The molecule has 0 unspecified atom stereocenters. The van der Waals surface area contributed by atoms with Crippen molar-refractivity contribution in [3.8, 4) is 0 Å². The van der Waals surface area contributed by atoms with Crippen LogP contribution in [0.5, 0.6) is 0 Å². The zero-order chi connectivity index (χ0) is 22.2. The Hall–Kier alpha value is -2.67. The molecule has 0 aromatic heterocycles. The molecule has 0 fully saturated rings. The second-order valence-electron chi connectivity index (χ2n) is 7.39. The predicted molar refractivity (Wildman–Crippen MR) is 108 cm³/mol. The lowest BCUT2D eigenvalue weighted by atomic mass is 9.69. The average molecular weight is 436 g/mol. The number of carbonyl (C=O) groups excluding carboxylic acids is 3. The minimum absolute atomic E-state index is 0.00193. The Morgan fingerprint density at radius 2 is 2.03 bits per heavy atom. The molecular weight excluding hydrogens is 413 g/mol. The first kappa shape index (κ1) is 22.0. The summed E-state index contributed by atoms with van der Waals surface area (Å²) in [6.07, 6.45) is 0.358. The summed E-state index contributed by atoms with van der Waals surface area (Å²) in [5, 5.41) is 3.18. The zero-order valence-corrected chi connectivity index (χ0v) is 17.9. The Bertz CT molecular complexity index is 963. The Morgan fingerprint density at radius 3 is 2.63 bits per heavy atom. The number of hydrogen-bond acceptors (Lipinski definition) is 6. The molecule has 3 rings (SSSR count). The van der Waals surface area contributed by atoms with Gasteiger partial charge < -0.3 is 14.8 Å². The summed E-state index contributed by atoms with van der Waals surface area (Å²) in [6.45, 7) is 5.20. The first-order valence-electron chi connectivity index (χ1n) is 9.66. The van der Waals surface area contributed by atoms with Crippen molar-refractivity contribution in [2.75, 3.05) is 13.7 Å². The van der Waals surface area contributed by atoms with Crippen LogP contribution in [-0.4, -0.2) is 31.4 Å². The summed E-state index contributed by atoms with van der Waals surface area (Å²) >= 11 is 6.33. The van der Waals surface area contributed by atoms with Gasteiger partial charge in [-0.15, -0.1) is 0 Å². The molecule has 1 aliphatic heterocycles. The molecule has 1 heterocycles. The summed E-state index contributed by atoms with van der Waals surface area (Å²) in [7, 11) is 1.21. The number of allylic oxidation sites excluding steroid dienone is 3. The second-order valence-corrected chi connectivity index (χ2v) is 7.80. The van der Waals surface area contributed by atoms with Gasteiger partial charge in [-0.1, -0.05) is 24.6 Å². The molecule has 0 radical (unpaired) electrons. The van der Waals surface area contributed by atoms with E-state index in [1.807, 2.05) is 0 Å². The number of benzene rings is 1. The highest BCUT2D eigenvalue weighted by molar-refractivity contribution is 6.31. The SMILES string of the molecule is CCOC(=O)C1=C(C)NC2=C(C(=O)[C@@H](C(=O)OC)[C@H](C)C2)[C@H]1c1c(F)cccc1Cl. The van der Waals surface area contributed by atoms with Gasteiger partial charge in [0.15, 0.2) is 5.78 Å². The van der Waals surface area contributed by atoms with Crippen molar-refractivity contribution in [3.05, 3.63) is 57.1 Å². The van der Waals surface area contributed by atoms with E-state index in [1.165, 1.54) is 25.3 Å². The van der Waals surface area contributed by atoms with Gasteiger partial charge in [0.2, 0.25) is 0 Å². The maximum absolute atomic E-state index is 15.0. The summed E-state index contributed by atoms with van der Waals surface area (Å²) in [5.74, 6) is -4.99. The van der Waals surface area contributed by atoms with Crippen LogP contribution in [0.3, 0.4) is 0 Å². The molecule has 30 heavy (non-hydrogen) atoms. The van der Waals surface area contributed by atoms with Gasteiger partial charge in [0.25, 0.3) is 0 Å². The summed E-state index contributed by atoms with van der Waals surface area (Å²) in [5.41, 5.74) is 1.23. The van der Waals surface area contributed by atoms with Gasteiger partial charge in [-0.2, -0.15) is 0 Å². The highest BCUT2D eigenvalue weighted by Crippen LogP contribution is 2.47. The predicted octanol–water partition coefficient (Wildman–Crippen LogP) is 3.66. The van der Waals surface area contributed by atoms with Crippen LogP contribution in [0, 0.1) is 17.7 Å². The number of rotatable bonds is 4. The average Bonchev–Trinajstić information content (AvgIpc) is 2.67. The largest absolute Gasteiger partial charge is 0.468 e. The molecular formula is C22H23ClFNO5. The topological polar surface area (TPSA) is 81.7 Å². The number of halogens is 2. The lowest BCUT2D eigenvalue weighted by molar-refractivity contribution is -0.151. The molecule has 3 atom stereocenters. The monoisotopic (exact) mass is 435 g/mol. The van der Waals surface area contributed by atoms with Gasteiger partial charge in [0.1, 0.15) is 11.7 Å². The Labute approximate surface area is 179 Å². The van der Waals surface area contributed by atoms with Crippen LogP contribution in [0.4, 0.5) is 4.39 Å². The van der Waals surface area contributed by atoms with Crippen molar-refractivity contribution in [3.63, 3.8) is 0 Å². The normalized spacial score (nSPS) is 23.7. The number of ketones is 1. The van der Waals surface area contributed by atoms with Crippen LogP contribution in [-0.2, 0) is 23.9 Å². The molecule has 0 spiro atoms. The Balaban J connectivity index is 2.26. The fourth-order valence-electron chi connectivity index (χ4n) is 4.24. The van der Waals surface area contributed by atoms with Crippen molar-refractivity contribution in [2.24, 2.45) is 11.8 Å². The van der Waals surface area contributed by atoms with Gasteiger partial charge in [-0.05, 0) is 38.3 Å². The number of hydrogen-bond donors (Lipinski definition) is 1. The van der Waals surface area contributed by atoms with Crippen LogP contribution in [0.15, 0.2) is 40.7 Å². The summed E-state index contributed by atoms with van der Waals surface area (Å²) < 4.78 is 25.0. The molecule has 160 valence electrons. The smallest absolute Gasteiger partial charge is 0.336 e. The van der Waals surface area contributed by atoms with E-state index in [2.05, 4.69) is 5.32 Å². The fraction of sp³-hybridized carbons (Fsp3) is 0.409. The molecule has 0 amide bonds. The minimum Gasteiger partial charge on any atom is -0.468 e. The van der Waals surface area contributed by atoms with Gasteiger partial charge in [-0.3, -0.25) is 9.59 Å². The number of Topliss-reactive ketones (excluding diaryl/α,β-unsaturated/α-hetero) is 1. The van der Waals surface area contributed by atoms with Crippen LogP contribution >= 0.6 is 11.6 Å². The second kappa shape index (κ2) is 8.60. The van der Waals surface area contributed by atoms with Crippen LogP contribution in [0.1, 0.15) is 38.7 Å². The van der Waals surface area contributed by atoms with E-state index < -0.39 is 35.4 Å². The number of esters is 2. The van der Waals surface area contributed by atoms with Gasteiger partial charge in [0.05, 0.1) is 25.2 Å². The quantitative estimate of drug-likeness (QED) is 0.574. The maximum atomic E-state index is 15.0. The summed E-state index contributed by atoms with van der Waals surface area (Å²) in [4.78, 5) is 38.6. The third-order valence-electron chi connectivity index (χ3n) is 5.53. The molecule has 2 aliphatic rings. The van der Waals surface area contributed by atoms with Gasteiger partial charge in [-0.25, -0.2) is 9.18 Å². The number of dihydropyridines is 1. The summed E-state index contributed by atoms with van der Waals surface area (Å²) in [6, 6.07) is 4.16. The van der Waals surface area contributed by atoms with Crippen molar-refractivity contribution in [1.82, 2.24) is 5.32 Å². The van der Waals surface area contributed by atoms with Crippen LogP contribution in [0.2, 0.25) is 5.02 Å². The third kappa shape index (κ3) is 3.62. The number of ether oxygens (including phenoxy) is 2. The lowest BCUT2D eigenvalue weighted by Crippen LogP contribution is -2.43. The van der Waals surface area contributed by atoms with Crippen LogP contribution < -0.4 is 5.32 Å². The van der Waals surface area contributed by atoms with E-state index in [4.69, 9.17) is 21.1 Å². The Morgan fingerprint density at radius 1 is 1.33 bits per heavy atom. The number of methoxy groups -OCH3 is 1. The van der Waals surface area contributed by atoms with Gasteiger partial charge in [0, 0.05) is 27.6 Å². The molecule has 6 nitrogen and oxygen atoms in total. The maximum Gasteiger partial charge on any atom is 0.336 e. The molecule has 0 bridgehead atoms. The molecule has 1 aromatic rings. The van der Waals surface area contributed by atoms with Crippen molar-refractivity contribution in [1.29, 1.82) is 0 Å². The molecule has 0 saturated carbocycles. The highest BCUT2D eigenvalue weighted by Gasteiger charge is 2.48. The highest BCUT2D eigenvalue weighted by atomic mass is 35.5. The standard InChI is InChI=1S/C22H23ClFNO5/c1-5-30-22(28)16-11(3)25-14-9-10(2)15(21(27)29-4)20(26)18(14)19(16)17-12(23)7-6-8-13(17)24/h6-8,10,15,19,25H,5,9H2,1-4H3/t10-,15+,19-/m1/s1. The van der Waals surface area contributed by atoms with Crippen molar-refractivity contribution in [2.45, 2.75) is 33.1 Å². The van der Waals surface area contributed by atoms with Crippen LogP contribution in [0.25, 0.3) is 0 Å². The molecule has 8 heteroatoms. The molecule has 0 saturated heterocycles. The van der Waals surface area contributed by atoms with E-state index in [1.54, 1.807) is 20.8 Å². The van der Waals surface area contributed by atoms with Crippen molar-refractivity contribution >= 4 is 29.3 Å². The van der Waals surface area contributed by atoms with Crippen molar-refractivity contribution < 1.29 is 28.2 Å². The molecule has 1 aromatic carbocycles. The van der Waals surface area contributed by atoms with Gasteiger partial charge >= 0.3 is 11.9 Å². The number of nitrogens with one attached hydrogen (secondary N) is 1. The first-order chi connectivity index (χ1) is 14.2. The first-order valence-corrected chi connectivity index (χ1v) is 10.0. The lowest BCUT2D eigenvalue weighted by Gasteiger charge is -2.38.